The smallest absolute Gasteiger partial charge is 0.135 e. The molecule has 1 rings (SSSR count). The normalized spacial score (nSPS) is 9.17. The fraction of sp³-hybridized carbons (Fsp3) is 0.444. The van der Waals surface area contributed by atoms with Gasteiger partial charge in [-0.05, 0) is 25.0 Å². The molecule has 0 aliphatic heterocycles. The number of aryl methyl sites for hydroxylation is 1. The summed E-state index contributed by atoms with van der Waals surface area (Å²) >= 11 is 0. The number of unbranched alkanes of at least 4 members (excludes halogenated alkanes) is 1. The molecule has 0 saturated heterocycles. The SMILES string of the molecule is Cn1ccc(C#CCCCN)n1. The Kier molecular flexibility index (Phi) is 3.36. The van der Waals surface area contributed by atoms with Crippen LogP contribution >= 0.6 is 0 Å². The van der Waals surface area contributed by atoms with Gasteiger partial charge >= 0.3 is 0 Å². The van der Waals surface area contributed by atoms with Crippen LogP contribution in [0.5, 0.6) is 0 Å². The first kappa shape index (κ1) is 8.82. The second-order valence-electron chi connectivity index (χ2n) is 2.57. The van der Waals surface area contributed by atoms with Crippen LogP contribution in [-0.2, 0) is 7.05 Å². The Bertz CT molecular complexity index is 290. The van der Waals surface area contributed by atoms with Gasteiger partial charge in [-0.25, -0.2) is 0 Å². The Labute approximate surface area is 72.6 Å². The van der Waals surface area contributed by atoms with Gasteiger partial charge in [-0.2, -0.15) is 5.10 Å². The monoisotopic (exact) mass is 163 g/mol. The summed E-state index contributed by atoms with van der Waals surface area (Å²) in [4.78, 5) is 0. The minimum Gasteiger partial charge on any atom is -0.330 e. The molecule has 1 heterocycles. The van der Waals surface area contributed by atoms with Crippen molar-refractivity contribution in [3.05, 3.63) is 18.0 Å². The Morgan fingerprint density at radius 1 is 1.67 bits per heavy atom. The van der Waals surface area contributed by atoms with E-state index in [-0.39, 0.29) is 0 Å². The van der Waals surface area contributed by atoms with E-state index >= 15 is 0 Å². The topological polar surface area (TPSA) is 43.8 Å². The van der Waals surface area contributed by atoms with Gasteiger partial charge in [0.1, 0.15) is 5.69 Å². The van der Waals surface area contributed by atoms with E-state index in [9.17, 15) is 0 Å². The molecule has 1 aromatic rings. The highest BCUT2D eigenvalue weighted by atomic mass is 15.2. The van der Waals surface area contributed by atoms with Gasteiger partial charge in [-0.3, -0.25) is 4.68 Å². The summed E-state index contributed by atoms with van der Waals surface area (Å²) in [5.41, 5.74) is 6.15. The van der Waals surface area contributed by atoms with Crippen LogP contribution in [0.4, 0.5) is 0 Å². The lowest BCUT2D eigenvalue weighted by Gasteiger charge is -1.84. The van der Waals surface area contributed by atoms with Crippen LogP contribution in [0, 0.1) is 11.8 Å². The summed E-state index contributed by atoms with van der Waals surface area (Å²) in [6, 6.07) is 1.90. The summed E-state index contributed by atoms with van der Waals surface area (Å²) < 4.78 is 1.74. The highest BCUT2D eigenvalue weighted by Crippen LogP contribution is 1.91. The molecule has 3 heteroatoms. The third kappa shape index (κ3) is 2.77. The summed E-state index contributed by atoms with van der Waals surface area (Å²) in [6.07, 6.45) is 3.69. The van der Waals surface area contributed by atoms with Crippen LogP contribution < -0.4 is 5.73 Å². The van der Waals surface area contributed by atoms with E-state index in [1.807, 2.05) is 19.3 Å². The van der Waals surface area contributed by atoms with E-state index < -0.39 is 0 Å². The molecule has 64 valence electrons. The van der Waals surface area contributed by atoms with Crippen molar-refractivity contribution in [2.45, 2.75) is 12.8 Å². The second-order valence-corrected chi connectivity index (χ2v) is 2.57. The minimum absolute atomic E-state index is 0.705. The molecule has 0 unspecified atom stereocenters. The lowest BCUT2D eigenvalue weighted by molar-refractivity contribution is 0.763. The lowest BCUT2D eigenvalue weighted by atomic mass is 10.3. The number of hydrogen-bond acceptors (Lipinski definition) is 2. The first-order valence-corrected chi connectivity index (χ1v) is 4.01. The standard InChI is InChI=1S/C9H13N3/c1-12-8-6-9(11-12)5-3-2-4-7-10/h6,8H,2,4,7,10H2,1H3. The van der Waals surface area contributed by atoms with Crippen LogP contribution in [0.25, 0.3) is 0 Å². The fourth-order valence-electron chi connectivity index (χ4n) is 0.825. The number of rotatable bonds is 2. The molecule has 0 atom stereocenters. The summed E-state index contributed by atoms with van der Waals surface area (Å²) in [6.45, 7) is 0.705. The van der Waals surface area contributed by atoms with Crippen molar-refractivity contribution in [2.24, 2.45) is 12.8 Å². The number of hydrogen-bond donors (Lipinski definition) is 1. The third-order valence-electron chi connectivity index (χ3n) is 1.44. The first-order chi connectivity index (χ1) is 5.83. The molecule has 12 heavy (non-hydrogen) atoms. The highest BCUT2D eigenvalue weighted by molar-refractivity contribution is 5.25. The molecule has 0 spiro atoms. The number of nitrogens with zero attached hydrogens (tertiary/aromatic N) is 2. The molecule has 3 nitrogen and oxygen atoms in total. The van der Waals surface area contributed by atoms with E-state index in [1.165, 1.54) is 0 Å². The van der Waals surface area contributed by atoms with Gasteiger partial charge in [0.25, 0.3) is 0 Å². The molecule has 0 amide bonds. The average Bonchev–Trinajstić information content (AvgIpc) is 2.45. The number of nitrogens with two attached hydrogens (primary N) is 1. The zero-order chi connectivity index (χ0) is 8.81. The zero-order valence-electron chi connectivity index (χ0n) is 7.25. The van der Waals surface area contributed by atoms with Crippen molar-refractivity contribution in [3.8, 4) is 11.8 Å². The Morgan fingerprint density at radius 2 is 2.50 bits per heavy atom. The molecular weight excluding hydrogens is 150 g/mol. The van der Waals surface area contributed by atoms with E-state index in [1.54, 1.807) is 4.68 Å². The van der Waals surface area contributed by atoms with Crippen LogP contribution in [0.15, 0.2) is 12.3 Å². The molecule has 0 aromatic carbocycles. The molecule has 0 aliphatic rings. The van der Waals surface area contributed by atoms with Crippen LogP contribution in [0.1, 0.15) is 18.5 Å². The lowest BCUT2D eigenvalue weighted by Crippen LogP contribution is -1.96. The summed E-state index contributed by atoms with van der Waals surface area (Å²) in [5, 5.41) is 4.12. The first-order valence-electron chi connectivity index (χ1n) is 4.01. The summed E-state index contributed by atoms with van der Waals surface area (Å²) in [7, 11) is 1.88. The predicted octanol–water partition coefficient (Wildman–Crippen LogP) is 0.511. The van der Waals surface area contributed by atoms with Crippen molar-refractivity contribution < 1.29 is 0 Å². The van der Waals surface area contributed by atoms with Gasteiger partial charge in [-0.15, -0.1) is 0 Å². The van der Waals surface area contributed by atoms with Crippen molar-refractivity contribution in [1.29, 1.82) is 0 Å². The Hall–Kier alpha value is -1.27. The molecular formula is C9H13N3. The van der Waals surface area contributed by atoms with E-state index in [0.29, 0.717) is 6.54 Å². The van der Waals surface area contributed by atoms with Crippen LogP contribution in [-0.4, -0.2) is 16.3 Å². The molecule has 0 fully saturated rings. The molecule has 2 N–H and O–H groups in total. The number of aromatic nitrogens is 2. The van der Waals surface area contributed by atoms with E-state index in [0.717, 1.165) is 18.5 Å². The van der Waals surface area contributed by atoms with Crippen LogP contribution in [0.2, 0.25) is 0 Å². The maximum Gasteiger partial charge on any atom is 0.135 e. The Balaban J connectivity index is 2.43. The maximum atomic E-state index is 5.32. The van der Waals surface area contributed by atoms with Crippen molar-refractivity contribution >= 4 is 0 Å². The molecule has 0 saturated carbocycles. The molecule has 0 bridgehead atoms. The molecule has 0 aliphatic carbocycles. The predicted molar refractivity (Wildman–Crippen MR) is 48.4 cm³/mol. The quantitative estimate of drug-likeness (QED) is 0.510. The van der Waals surface area contributed by atoms with Crippen LogP contribution in [0.3, 0.4) is 0 Å². The van der Waals surface area contributed by atoms with Gasteiger partial charge in [0.2, 0.25) is 0 Å². The Morgan fingerprint density at radius 3 is 3.08 bits per heavy atom. The minimum atomic E-state index is 0.705. The second kappa shape index (κ2) is 4.58. The van der Waals surface area contributed by atoms with Gasteiger partial charge in [0.15, 0.2) is 0 Å². The average molecular weight is 163 g/mol. The van der Waals surface area contributed by atoms with Crippen molar-refractivity contribution in [2.75, 3.05) is 6.54 Å². The van der Waals surface area contributed by atoms with Crippen molar-refractivity contribution in [3.63, 3.8) is 0 Å². The van der Waals surface area contributed by atoms with Gasteiger partial charge < -0.3 is 5.73 Å². The van der Waals surface area contributed by atoms with Gasteiger partial charge in [0.05, 0.1) is 0 Å². The van der Waals surface area contributed by atoms with Crippen molar-refractivity contribution in [1.82, 2.24) is 9.78 Å². The molecule has 0 radical (unpaired) electrons. The largest absolute Gasteiger partial charge is 0.330 e. The molecule has 1 aromatic heterocycles. The third-order valence-corrected chi connectivity index (χ3v) is 1.44. The van der Waals surface area contributed by atoms with E-state index in [4.69, 9.17) is 5.73 Å². The van der Waals surface area contributed by atoms with Gasteiger partial charge in [-0.1, -0.05) is 5.92 Å². The summed E-state index contributed by atoms with van der Waals surface area (Å²) in [5.74, 6) is 5.97. The zero-order valence-corrected chi connectivity index (χ0v) is 7.25. The maximum absolute atomic E-state index is 5.32. The fourth-order valence-corrected chi connectivity index (χ4v) is 0.825. The highest BCUT2D eigenvalue weighted by Gasteiger charge is 1.88. The van der Waals surface area contributed by atoms with E-state index in [2.05, 4.69) is 16.9 Å². The van der Waals surface area contributed by atoms with Gasteiger partial charge in [0, 0.05) is 19.7 Å².